The molecular formula is C16H14N2OS2. The first kappa shape index (κ1) is 14.0. The Morgan fingerprint density at radius 3 is 2.95 bits per heavy atom. The van der Waals surface area contributed by atoms with Crippen molar-refractivity contribution in [3.8, 4) is 0 Å². The number of nitrogens with zero attached hydrogens (tertiary/aromatic N) is 2. The van der Waals surface area contributed by atoms with Crippen LogP contribution in [-0.2, 0) is 6.54 Å². The molecule has 2 heterocycles. The molecule has 106 valence electrons. The molecule has 5 heteroatoms. The monoisotopic (exact) mass is 314 g/mol. The third-order valence-electron chi connectivity index (χ3n) is 3.14. The molecule has 0 aliphatic rings. The van der Waals surface area contributed by atoms with Crippen molar-refractivity contribution in [2.24, 2.45) is 4.99 Å². The molecule has 3 nitrogen and oxygen atoms in total. The number of hydrogen-bond donors (Lipinski definition) is 0. The molecule has 0 aliphatic carbocycles. The molecule has 0 N–H and O–H groups in total. The zero-order valence-electron chi connectivity index (χ0n) is 11.6. The quantitative estimate of drug-likeness (QED) is 0.673. The van der Waals surface area contributed by atoms with E-state index in [1.54, 1.807) is 6.07 Å². The molecule has 0 bridgehead atoms. The number of carbonyl (C=O) groups excluding carboxylic acids is 1. The number of carbonyl (C=O) groups is 1. The number of amides is 1. The van der Waals surface area contributed by atoms with E-state index in [1.165, 1.54) is 28.2 Å². The average molecular weight is 314 g/mol. The Hall–Kier alpha value is -1.98. The van der Waals surface area contributed by atoms with Crippen LogP contribution < -0.4 is 4.80 Å². The lowest BCUT2D eigenvalue weighted by Crippen LogP contribution is -2.16. The number of aryl methyl sites for hydroxylation is 1. The Morgan fingerprint density at radius 1 is 1.38 bits per heavy atom. The van der Waals surface area contributed by atoms with Gasteiger partial charge in [0.1, 0.15) is 0 Å². The fourth-order valence-corrected chi connectivity index (χ4v) is 3.96. The maximum atomic E-state index is 12.2. The van der Waals surface area contributed by atoms with Crippen molar-refractivity contribution in [3.63, 3.8) is 0 Å². The van der Waals surface area contributed by atoms with Gasteiger partial charge in [-0.25, -0.2) is 0 Å². The predicted molar refractivity (Wildman–Crippen MR) is 89.0 cm³/mol. The number of thiophene rings is 1. The lowest BCUT2D eigenvalue weighted by molar-refractivity contribution is 0.100. The van der Waals surface area contributed by atoms with Crippen LogP contribution in [0.2, 0.25) is 0 Å². The van der Waals surface area contributed by atoms with Crippen molar-refractivity contribution in [2.45, 2.75) is 13.5 Å². The average Bonchev–Trinajstić information content (AvgIpc) is 3.09. The second kappa shape index (κ2) is 5.79. The maximum absolute atomic E-state index is 12.2. The van der Waals surface area contributed by atoms with Crippen LogP contribution in [0.1, 0.15) is 15.2 Å². The molecule has 0 saturated heterocycles. The van der Waals surface area contributed by atoms with Gasteiger partial charge in [-0.2, -0.15) is 4.99 Å². The van der Waals surface area contributed by atoms with Crippen molar-refractivity contribution in [1.82, 2.24) is 4.57 Å². The van der Waals surface area contributed by atoms with E-state index in [2.05, 4.69) is 30.6 Å². The van der Waals surface area contributed by atoms with Gasteiger partial charge in [-0.05, 0) is 30.0 Å². The summed E-state index contributed by atoms with van der Waals surface area (Å²) in [6.45, 7) is 6.51. The molecule has 0 radical (unpaired) electrons. The van der Waals surface area contributed by atoms with E-state index in [1.807, 2.05) is 28.2 Å². The van der Waals surface area contributed by atoms with Crippen LogP contribution in [0.5, 0.6) is 0 Å². The standard InChI is InChI=1S/C16H14N2OS2/c1-3-9-18-14-11(2)6-4-7-12(14)21-16(18)17-15(19)13-8-5-10-20-13/h3-8,10H,1,9H2,2H3. The molecule has 0 spiro atoms. The number of para-hydroxylation sites is 1. The van der Waals surface area contributed by atoms with E-state index in [4.69, 9.17) is 0 Å². The Balaban J connectivity index is 2.22. The first-order valence-corrected chi connectivity index (χ1v) is 8.22. The van der Waals surface area contributed by atoms with Gasteiger partial charge in [-0.3, -0.25) is 4.79 Å². The van der Waals surface area contributed by atoms with Crippen LogP contribution in [0.25, 0.3) is 10.2 Å². The van der Waals surface area contributed by atoms with Gasteiger partial charge in [0.05, 0.1) is 15.1 Å². The number of aromatic nitrogens is 1. The second-order valence-corrected chi connectivity index (χ2v) is 6.56. The molecule has 3 rings (SSSR count). The van der Waals surface area contributed by atoms with Crippen LogP contribution in [0, 0.1) is 6.92 Å². The maximum Gasteiger partial charge on any atom is 0.289 e. The minimum atomic E-state index is -0.188. The topological polar surface area (TPSA) is 34.4 Å². The number of rotatable bonds is 3. The Labute approximate surface area is 130 Å². The van der Waals surface area contributed by atoms with E-state index < -0.39 is 0 Å². The van der Waals surface area contributed by atoms with Gasteiger partial charge in [0.25, 0.3) is 5.91 Å². The minimum Gasteiger partial charge on any atom is -0.312 e. The lowest BCUT2D eigenvalue weighted by atomic mass is 10.2. The summed E-state index contributed by atoms with van der Waals surface area (Å²) in [5, 5.41) is 1.88. The Kier molecular flexibility index (Phi) is 3.86. The van der Waals surface area contributed by atoms with E-state index in [0.717, 1.165) is 15.0 Å². The minimum absolute atomic E-state index is 0.188. The number of allylic oxidation sites excluding steroid dienone is 1. The van der Waals surface area contributed by atoms with E-state index in [0.29, 0.717) is 11.4 Å². The summed E-state index contributed by atoms with van der Waals surface area (Å²) in [4.78, 5) is 17.9. The van der Waals surface area contributed by atoms with Crippen molar-refractivity contribution >= 4 is 38.8 Å². The Bertz CT molecular complexity index is 869. The molecule has 21 heavy (non-hydrogen) atoms. The van der Waals surface area contributed by atoms with Crippen LogP contribution in [0.15, 0.2) is 53.4 Å². The van der Waals surface area contributed by atoms with Gasteiger partial charge in [0, 0.05) is 6.54 Å². The van der Waals surface area contributed by atoms with Crippen molar-refractivity contribution in [2.75, 3.05) is 0 Å². The van der Waals surface area contributed by atoms with E-state index in [-0.39, 0.29) is 5.91 Å². The highest BCUT2D eigenvalue weighted by atomic mass is 32.1. The summed E-state index contributed by atoms with van der Waals surface area (Å²) in [5.74, 6) is -0.188. The third-order valence-corrected chi connectivity index (χ3v) is 5.05. The lowest BCUT2D eigenvalue weighted by Gasteiger charge is -2.03. The molecule has 0 fully saturated rings. The molecule has 1 amide bonds. The largest absolute Gasteiger partial charge is 0.312 e. The summed E-state index contributed by atoms with van der Waals surface area (Å²) in [5.41, 5.74) is 2.30. The zero-order valence-corrected chi connectivity index (χ0v) is 13.2. The van der Waals surface area contributed by atoms with Crippen molar-refractivity contribution in [1.29, 1.82) is 0 Å². The third kappa shape index (κ3) is 2.62. The van der Waals surface area contributed by atoms with Gasteiger partial charge < -0.3 is 4.57 Å². The number of benzene rings is 1. The van der Waals surface area contributed by atoms with E-state index in [9.17, 15) is 4.79 Å². The number of thiazole rings is 1. The molecular weight excluding hydrogens is 300 g/mol. The smallest absolute Gasteiger partial charge is 0.289 e. The van der Waals surface area contributed by atoms with E-state index >= 15 is 0 Å². The molecule has 2 aromatic heterocycles. The molecule has 0 unspecified atom stereocenters. The van der Waals surface area contributed by atoms with Gasteiger partial charge in [0.2, 0.25) is 0 Å². The Morgan fingerprint density at radius 2 is 2.24 bits per heavy atom. The number of fused-ring (bicyclic) bond motifs is 1. The molecule has 0 atom stereocenters. The summed E-state index contributed by atoms with van der Waals surface area (Å²) in [7, 11) is 0. The SMILES string of the molecule is C=CCn1c(=NC(=O)c2cccs2)sc2cccc(C)c21. The fraction of sp³-hybridized carbons (Fsp3) is 0.125. The number of hydrogen-bond acceptors (Lipinski definition) is 3. The van der Waals surface area contributed by atoms with Crippen LogP contribution in [0.4, 0.5) is 0 Å². The first-order chi connectivity index (χ1) is 10.2. The van der Waals surface area contributed by atoms with Crippen LogP contribution >= 0.6 is 22.7 Å². The molecule has 1 aromatic carbocycles. The predicted octanol–water partition coefficient (Wildman–Crippen LogP) is 4.00. The van der Waals surface area contributed by atoms with Crippen molar-refractivity contribution < 1.29 is 4.79 Å². The zero-order chi connectivity index (χ0) is 14.8. The summed E-state index contributed by atoms with van der Waals surface area (Å²) in [6, 6.07) is 9.81. The van der Waals surface area contributed by atoms with Crippen LogP contribution in [-0.4, -0.2) is 10.5 Å². The van der Waals surface area contributed by atoms with Gasteiger partial charge in [-0.1, -0.05) is 35.6 Å². The van der Waals surface area contributed by atoms with Gasteiger partial charge >= 0.3 is 0 Å². The highest BCUT2D eigenvalue weighted by Crippen LogP contribution is 2.21. The molecule has 0 saturated carbocycles. The normalized spacial score (nSPS) is 12.0. The fourth-order valence-electron chi connectivity index (χ4n) is 2.23. The summed E-state index contributed by atoms with van der Waals surface area (Å²) >= 11 is 2.95. The second-order valence-electron chi connectivity index (χ2n) is 4.60. The van der Waals surface area contributed by atoms with Gasteiger partial charge in [-0.15, -0.1) is 17.9 Å². The summed E-state index contributed by atoms with van der Waals surface area (Å²) < 4.78 is 3.18. The highest BCUT2D eigenvalue weighted by molar-refractivity contribution is 7.16. The van der Waals surface area contributed by atoms with Gasteiger partial charge in [0.15, 0.2) is 4.80 Å². The van der Waals surface area contributed by atoms with Crippen LogP contribution in [0.3, 0.4) is 0 Å². The first-order valence-electron chi connectivity index (χ1n) is 6.53. The molecule has 3 aromatic rings. The summed E-state index contributed by atoms with van der Waals surface area (Å²) in [6.07, 6.45) is 1.83. The highest BCUT2D eigenvalue weighted by Gasteiger charge is 2.10. The van der Waals surface area contributed by atoms with Crippen molar-refractivity contribution in [3.05, 3.63) is 63.6 Å². The molecule has 0 aliphatic heterocycles.